The van der Waals surface area contributed by atoms with Crippen molar-refractivity contribution < 1.29 is 26.7 Å². The molecule has 0 saturated carbocycles. The number of fused-ring (bicyclic) bond motifs is 1. The largest absolute Gasteiger partial charge is 0.435 e. The van der Waals surface area contributed by atoms with Crippen molar-refractivity contribution in [2.24, 2.45) is 0 Å². The zero-order chi connectivity index (χ0) is 19.6. The van der Waals surface area contributed by atoms with Gasteiger partial charge in [0.1, 0.15) is 17.3 Å². The number of hydrogen-bond donors (Lipinski definition) is 2. The van der Waals surface area contributed by atoms with Gasteiger partial charge in [-0.15, -0.1) is 0 Å². The Hall–Kier alpha value is -2.65. The van der Waals surface area contributed by atoms with Crippen LogP contribution in [0.3, 0.4) is 0 Å². The van der Waals surface area contributed by atoms with E-state index in [1.165, 1.54) is 4.68 Å². The molecule has 0 aliphatic heterocycles. The zero-order valence-corrected chi connectivity index (χ0v) is 14.2. The van der Waals surface area contributed by atoms with Crippen molar-refractivity contribution in [1.29, 1.82) is 0 Å². The lowest BCUT2D eigenvalue weighted by Crippen LogP contribution is -2.32. The Morgan fingerprint density at radius 3 is 2.48 bits per heavy atom. The van der Waals surface area contributed by atoms with Crippen LogP contribution in [0.1, 0.15) is 29.8 Å². The van der Waals surface area contributed by atoms with Crippen molar-refractivity contribution in [3.8, 4) is 0 Å². The number of hydrogen-bond acceptors (Lipinski definition) is 2. The number of aromatic nitrogens is 2. The number of nitrogens with one attached hydrogen (secondary N) is 2. The Balaban J connectivity index is 1.64. The number of urea groups is 1. The molecule has 3 rings (SSSR count). The van der Waals surface area contributed by atoms with Crippen molar-refractivity contribution in [3.05, 3.63) is 46.8 Å². The highest BCUT2D eigenvalue weighted by Crippen LogP contribution is 2.35. The molecule has 0 saturated heterocycles. The van der Waals surface area contributed by atoms with Crippen molar-refractivity contribution in [2.75, 3.05) is 11.9 Å². The summed E-state index contributed by atoms with van der Waals surface area (Å²) in [7, 11) is 0. The summed E-state index contributed by atoms with van der Waals surface area (Å²) in [6.45, 7) is -0.0289. The number of para-hydroxylation sites is 1. The van der Waals surface area contributed by atoms with Gasteiger partial charge in [0, 0.05) is 17.8 Å². The second kappa shape index (κ2) is 7.53. The van der Waals surface area contributed by atoms with Gasteiger partial charge in [0.05, 0.1) is 6.54 Å². The lowest BCUT2D eigenvalue weighted by Gasteiger charge is -2.15. The fraction of sp³-hybridized carbons (Fsp3) is 0.412. The van der Waals surface area contributed by atoms with Gasteiger partial charge in [-0.25, -0.2) is 13.6 Å². The van der Waals surface area contributed by atoms with E-state index in [-0.39, 0.29) is 18.7 Å². The predicted molar refractivity (Wildman–Crippen MR) is 87.3 cm³/mol. The third-order valence-corrected chi connectivity index (χ3v) is 4.34. The fourth-order valence-corrected chi connectivity index (χ4v) is 3.13. The predicted octanol–water partition coefficient (Wildman–Crippen LogP) is 3.88. The van der Waals surface area contributed by atoms with Gasteiger partial charge in [-0.3, -0.25) is 4.68 Å². The summed E-state index contributed by atoms with van der Waals surface area (Å²) in [6, 6.07) is 2.28. The summed E-state index contributed by atoms with van der Waals surface area (Å²) in [4.78, 5) is 11.8. The zero-order valence-electron chi connectivity index (χ0n) is 14.2. The molecule has 0 spiro atoms. The number of benzene rings is 1. The molecule has 2 N–H and O–H groups in total. The summed E-state index contributed by atoms with van der Waals surface area (Å²) in [6.07, 6.45) is -2.26. The first-order chi connectivity index (χ1) is 12.8. The number of nitrogens with zero attached hydrogens (tertiary/aromatic N) is 2. The molecular weight excluding hydrogens is 371 g/mol. The summed E-state index contributed by atoms with van der Waals surface area (Å²) >= 11 is 0. The van der Waals surface area contributed by atoms with E-state index >= 15 is 0 Å². The molecule has 5 nitrogen and oxygen atoms in total. The first-order valence-electron chi connectivity index (χ1n) is 8.42. The molecule has 0 atom stereocenters. The monoisotopic (exact) mass is 388 g/mol. The molecule has 1 aliphatic rings. The molecule has 0 bridgehead atoms. The number of anilines is 1. The molecule has 2 amide bonds. The molecule has 10 heteroatoms. The van der Waals surface area contributed by atoms with Crippen LogP contribution >= 0.6 is 0 Å². The van der Waals surface area contributed by atoms with E-state index < -0.39 is 35.2 Å². The van der Waals surface area contributed by atoms with E-state index in [9.17, 15) is 26.7 Å². The van der Waals surface area contributed by atoms with Gasteiger partial charge in [-0.2, -0.15) is 18.3 Å². The Morgan fingerprint density at radius 1 is 1.15 bits per heavy atom. The molecule has 2 aromatic rings. The number of carbonyl (C=O) groups excluding carboxylic acids is 1. The number of rotatable bonds is 4. The summed E-state index contributed by atoms with van der Waals surface area (Å²) in [5.41, 5.74) is -0.733. The van der Waals surface area contributed by atoms with E-state index in [2.05, 4.69) is 10.4 Å². The van der Waals surface area contributed by atoms with E-state index in [0.717, 1.165) is 24.6 Å². The smallest absolute Gasteiger partial charge is 0.336 e. The molecule has 0 radical (unpaired) electrons. The van der Waals surface area contributed by atoms with Crippen LogP contribution < -0.4 is 10.6 Å². The molecule has 1 aliphatic carbocycles. The van der Waals surface area contributed by atoms with Gasteiger partial charge in [0.25, 0.3) is 0 Å². The number of halogens is 5. The standard InChI is InChI=1S/C17H17F5N4O/c18-11-5-3-6-12(19)14(11)24-16(27)23-8-9-26-13-7-2-1-4-10(13)15(25-26)17(20,21)22/h3,5-6H,1-2,4,7-9H2,(H2,23,24,27). The van der Waals surface area contributed by atoms with E-state index in [4.69, 9.17) is 0 Å². The van der Waals surface area contributed by atoms with Gasteiger partial charge in [-0.1, -0.05) is 6.07 Å². The van der Waals surface area contributed by atoms with Crippen LogP contribution in [0.2, 0.25) is 0 Å². The van der Waals surface area contributed by atoms with E-state index in [1.54, 1.807) is 0 Å². The second-order valence-corrected chi connectivity index (χ2v) is 6.18. The molecule has 1 aromatic heterocycles. The van der Waals surface area contributed by atoms with Crippen LogP contribution in [-0.2, 0) is 25.6 Å². The van der Waals surface area contributed by atoms with Crippen molar-refractivity contribution in [1.82, 2.24) is 15.1 Å². The molecule has 146 valence electrons. The molecule has 27 heavy (non-hydrogen) atoms. The average Bonchev–Trinajstić information content (AvgIpc) is 2.98. The number of carbonyl (C=O) groups is 1. The first-order valence-corrected chi connectivity index (χ1v) is 8.42. The third-order valence-electron chi connectivity index (χ3n) is 4.34. The maximum atomic E-state index is 13.5. The van der Waals surface area contributed by atoms with E-state index in [0.29, 0.717) is 25.0 Å². The maximum Gasteiger partial charge on any atom is 0.435 e. The summed E-state index contributed by atoms with van der Waals surface area (Å²) in [5, 5.41) is 8.08. The Bertz CT molecular complexity index is 826. The third kappa shape index (κ3) is 4.20. The fourth-order valence-electron chi connectivity index (χ4n) is 3.13. The quantitative estimate of drug-likeness (QED) is 0.781. The molecule has 1 aromatic carbocycles. The highest BCUT2D eigenvalue weighted by molar-refractivity contribution is 5.89. The van der Waals surface area contributed by atoms with Gasteiger partial charge in [0.15, 0.2) is 5.69 Å². The minimum Gasteiger partial charge on any atom is -0.336 e. The minimum absolute atomic E-state index is 0.0194. The van der Waals surface area contributed by atoms with Crippen LogP contribution in [0.5, 0.6) is 0 Å². The second-order valence-electron chi connectivity index (χ2n) is 6.18. The van der Waals surface area contributed by atoms with Crippen molar-refractivity contribution in [3.63, 3.8) is 0 Å². The first kappa shape index (κ1) is 19.1. The maximum absolute atomic E-state index is 13.5. The molecule has 1 heterocycles. The minimum atomic E-state index is -4.53. The molecule has 0 fully saturated rings. The van der Waals surface area contributed by atoms with Crippen LogP contribution in [0, 0.1) is 11.6 Å². The SMILES string of the molecule is O=C(NCCn1nc(C(F)(F)F)c2c1CCCC2)Nc1c(F)cccc1F. The highest BCUT2D eigenvalue weighted by Gasteiger charge is 2.39. The van der Waals surface area contributed by atoms with Crippen LogP contribution in [0.4, 0.5) is 32.4 Å². The summed E-state index contributed by atoms with van der Waals surface area (Å²) in [5.74, 6) is -1.86. The van der Waals surface area contributed by atoms with Crippen LogP contribution in [0.25, 0.3) is 0 Å². The van der Waals surface area contributed by atoms with Crippen LogP contribution in [0.15, 0.2) is 18.2 Å². The van der Waals surface area contributed by atoms with Gasteiger partial charge < -0.3 is 10.6 Å². The number of amides is 2. The van der Waals surface area contributed by atoms with Gasteiger partial charge in [-0.05, 0) is 37.8 Å². The molecular formula is C17H17F5N4O. The topological polar surface area (TPSA) is 59.0 Å². The van der Waals surface area contributed by atoms with Crippen molar-refractivity contribution >= 4 is 11.7 Å². The lowest BCUT2D eigenvalue weighted by molar-refractivity contribution is -0.142. The van der Waals surface area contributed by atoms with Gasteiger partial charge >= 0.3 is 12.2 Å². The molecule has 0 unspecified atom stereocenters. The Labute approximate surface area is 151 Å². The van der Waals surface area contributed by atoms with E-state index in [1.807, 2.05) is 5.32 Å². The van der Waals surface area contributed by atoms with Crippen LogP contribution in [-0.4, -0.2) is 22.4 Å². The number of alkyl halides is 3. The van der Waals surface area contributed by atoms with Gasteiger partial charge in [0.2, 0.25) is 0 Å². The lowest BCUT2D eigenvalue weighted by atomic mass is 9.95. The Morgan fingerprint density at radius 2 is 1.81 bits per heavy atom. The summed E-state index contributed by atoms with van der Waals surface area (Å²) < 4.78 is 67.6. The Kier molecular flexibility index (Phi) is 5.33. The normalized spacial score (nSPS) is 14.0. The average molecular weight is 388 g/mol. The van der Waals surface area contributed by atoms with Crippen molar-refractivity contribution in [2.45, 2.75) is 38.4 Å². The highest BCUT2D eigenvalue weighted by atomic mass is 19.4.